The molecule has 3 aliphatic rings. The van der Waals surface area contributed by atoms with E-state index in [1.165, 1.54) is 19.3 Å². The lowest BCUT2D eigenvalue weighted by Gasteiger charge is -2.37. The number of nitrogens with one attached hydrogen (secondary N) is 1. The van der Waals surface area contributed by atoms with Gasteiger partial charge in [-0.1, -0.05) is 6.92 Å². The smallest absolute Gasteiger partial charge is 0.320 e. The summed E-state index contributed by atoms with van der Waals surface area (Å²) in [6.45, 7) is 8.46. The molecule has 2 amide bonds. The van der Waals surface area contributed by atoms with Crippen molar-refractivity contribution in [1.29, 1.82) is 0 Å². The first-order valence-corrected chi connectivity index (χ1v) is 7.44. The molecule has 102 valence electrons. The first-order chi connectivity index (χ1) is 8.66. The fourth-order valence-corrected chi connectivity index (χ4v) is 4.02. The molecule has 0 aromatic heterocycles. The summed E-state index contributed by atoms with van der Waals surface area (Å²) in [7, 11) is 0. The fraction of sp³-hybridized carbons (Fsp3) is 0.929. The normalized spacial score (nSPS) is 40.1. The predicted octanol–water partition coefficient (Wildman–Crippen LogP) is 1.52. The first kappa shape index (κ1) is 12.3. The summed E-state index contributed by atoms with van der Waals surface area (Å²) in [6.07, 6.45) is 3.61. The third-order valence-electron chi connectivity index (χ3n) is 4.93. The molecule has 0 aromatic carbocycles. The number of hydrogen-bond donors (Lipinski definition) is 1. The molecule has 4 atom stereocenters. The largest absolute Gasteiger partial charge is 0.324 e. The molecule has 4 unspecified atom stereocenters. The van der Waals surface area contributed by atoms with Crippen molar-refractivity contribution in [3.05, 3.63) is 0 Å². The molecule has 3 aliphatic heterocycles. The van der Waals surface area contributed by atoms with Crippen LogP contribution in [-0.4, -0.2) is 54.1 Å². The van der Waals surface area contributed by atoms with Crippen LogP contribution in [0.5, 0.6) is 0 Å². The minimum absolute atomic E-state index is 0.297. The van der Waals surface area contributed by atoms with Crippen molar-refractivity contribution < 1.29 is 4.79 Å². The van der Waals surface area contributed by atoms with Crippen LogP contribution in [0.2, 0.25) is 0 Å². The third kappa shape index (κ3) is 2.00. The Kier molecular flexibility index (Phi) is 3.22. The lowest BCUT2D eigenvalue weighted by atomic mass is 10.0. The molecule has 3 fully saturated rings. The minimum Gasteiger partial charge on any atom is -0.324 e. The molecular weight excluding hydrogens is 226 g/mol. The van der Waals surface area contributed by atoms with Crippen molar-refractivity contribution in [1.82, 2.24) is 15.1 Å². The lowest BCUT2D eigenvalue weighted by Crippen LogP contribution is -2.52. The zero-order valence-corrected chi connectivity index (χ0v) is 11.6. The van der Waals surface area contributed by atoms with E-state index in [-0.39, 0.29) is 0 Å². The van der Waals surface area contributed by atoms with Crippen LogP contribution in [0.3, 0.4) is 0 Å². The highest BCUT2D eigenvalue weighted by atomic mass is 16.2. The van der Waals surface area contributed by atoms with Crippen molar-refractivity contribution in [3.8, 4) is 0 Å². The second kappa shape index (κ2) is 4.72. The van der Waals surface area contributed by atoms with Gasteiger partial charge in [0.15, 0.2) is 0 Å². The molecule has 3 heterocycles. The summed E-state index contributed by atoms with van der Waals surface area (Å²) >= 11 is 0. The van der Waals surface area contributed by atoms with Gasteiger partial charge in [-0.25, -0.2) is 4.79 Å². The number of carbonyl (C=O) groups excluding carboxylic acids is 1. The highest BCUT2D eigenvalue weighted by Crippen LogP contribution is 2.33. The van der Waals surface area contributed by atoms with E-state index < -0.39 is 0 Å². The molecule has 0 aromatic rings. The van der Waals surface area contributed by atoms with Crippen LogP contribution in [0.25, 0.3) is 0 Å². The number of likely N-dealkylation sites (tertiary alicyclic amines) is 2. The Morgan fingerprint density at radius 3 is 2.89 bits per heavy atom. The number of piperidine rings is 1. The van der Waals surface area contributed by atoms with Crippen LogP contribution in [0.1, 0.15) is 33.1 Å². The molecule has 0 radical (unpaired) electrons. The van der Waals surface area contributed by atoms with Crippen LogP contribution in [0, 0.1) is 11.8 Å². The van der Waals surface area contributed by atoms with Gasteiger partial charge in [0, 0.05) is 32.2 Å². The quantitative estimate of drug-likeness (QED) is 0.708. The summed E-state index contributed by atoms with van der Waals surface area (Å²) in [5, 5.41) is 3.43. The lowest BCUT2D eigenvalue weighted by molar-refractivity contribution is 0.116. The fourth-order valence-electron chi connectivity index (χ4n) is 4.02. The standard InChI is InChI=1S/C14H25N3O/c1-10-4-3-5-16(9-10)14(18)17-11(2)6-12-7-15-8-13(12)17/h10-13,15H,3-9H2,1-2H3. The van der Waals surface area contributed by atoms with Crippen LogP contribution < -0.4 is 5.32 Å². The summed E-state index contributed by atoms with van der Waals surface area (Å²) in [5.74, 6) is 1.35. The van der Waals surface area contributed by atoms with Gasteiger partial charge in [-0.2, -0.15) is 0 Å². The zero-order valence-electron chi connectivity index (χ0n) is 11.6. The number of rotatable bonds is 0. The molecule has 3 rings (SSSR count). The van der Waals surface area contributed by atoms with Gasteiger partial charge in [0.05, 0.1) is 6.04 Å². The van der Waals surface area contributed by atoms with Crippen LogP contribution in [-0.2, 0) is 0 Å². The summed E-state index contributed by atoms with van der Waals surface area (Å²) in [6, 6.07) is 1.17. The van der Waals surface area contributed by atoms with E-state index in [9.17, 15) is 4.79 Å². The first-order valence-electron chi connectivity index (χ1n) is 7.44. The summed E-state index contributed by atoms with van der Waals surface area (Å²) in [5.41, 5.74) is 0. The molecule has 18 heavy (non-hydrogen) atoms. The van der Waals surface area contributed by atoms with Crippen molar-refractivity contribution in [2.45, 2.75) is 45.2 Å². The van der Waals surface area contributed by atoms with E-state index in [2.05, 4.69) is 29.0 Å². The number of fused-ring (bicyclic) bond motifs is 1. The van der Waals surface area contributed by atoms with Crippen LogP contribution >= 0.6 is 0 Å². The van der Waals surface area contributed by atoms with Crippen LogP contribution in [0.15, 0.2) is 0 Å². The molecule has 0 spiro atoms. The molecule has 3 saturated heterocycles. The third-order valence-corrected chi connectivity index (χ3v) is 4.93. The molecule has 1 N–H and O–H groups in total. The van der Waals surface area contributed by atoms with Gasteiger partial charge in [-0.15, -0.1) is 0 Å². The Balaban J connectivity index is 1.71. The molecule has 0 saturated carbocycles. The number of hydrogen-bond acceptors (Lipinski definition) is 2. The average Bonchev–Trinajstić information content (AvgIpc) is 2.88. The van der Waals surface area contributed by atoms with Crippen molar-refractivity contribution >= 4 is 6.03 Å². The zero-order chi connectivity index (χ0) is 12.7. The maximum absolute atomic E-state index is 12.7. The molecule has 4 heteroatoms. The van der Waals surface area contributed by atoms with Gasteiger partial charge in [0.25, 0.3) is 0 Å². The van der Waals surface area contributed by atoms with E-state index in [0.717, 1.165) is 26.2 Å². The number of amides is 2. The van der Waals surface area contributed by atoms with Crippen LogP contribution in [0.4, 0.5) is 4.79 Å². The van der Waals surface area contributed by atoms with Gasteiger partial charge in [0.2, 0.25) is 0 Å². The number of urea groups is 1. The predicted molar refractivity (Wildman–Crippen MR) is 71.4 cm³/mol. The van der Waals surface area contributed by atoms with Crippen molar-refractivity contribution in [2.75, 3.05) is 26.2 Å². The summed E-state index contributed by atoms with van der Waals surface area (Å²) < 4.78 is 0. The van der Waals surface area contributed by atoms with E-state index in [4.69, 9.17) is 0 Å². The SMILES string of the molecule is CC1CCCN(C(=O)N2C(C)CC3CNCC32)C1. The Morgan fingerprint density at radius 2 is 2.11 bits per heavy atom. The molecule has 0 bridgehead atoms. The molecular formula is C14H25N3O. The maximum atomic E-state index is 12.7. The minimum atomic E-state index is 0.297. The van der Waals surface area contributed by atoms with Crippen molar-refractivity contribution in [3.63, 3.8) is 0 Å². The maximum Gasteiger partial charge on any atom is 0.320 e. The highest BCUT2D eigenvalue weighted by Gasteiger charge is 2.45. The second-order valence-electron chi connectivity index (χ2n) is 6.45. The van der Waals surface area contributed by atoms with Gasteiger partial charge in [-0.3, -0.25) is 0 Å². The Labute approximate surface area is 110 Å². The Hall–Kier alpha value is -0.770. The monoisotopic (exact) mass is 251 g/mol. The second-order valence-corrected chi connectivity index (χ2v) is 6.45. The van der Waals surface area contributed by atoms with Gasteiger partial charge >= 0.3 is 6.03 Å². The average molecular weight is 251 g/mol. The number of nitrogens with zero attached hydrogens (tertiary/aromatic N) is 2. The van der Waals surface area contributed by atoms with E-state index in [0.29, 0.717) is 30.0 Å². The summed E-state index contributed by atoms with van der Waals surface area (Å²) in [4.78, 5) is 17.0. The Bertz CT molecular complexity index is 333. The Morgan fingerprint density at radius 1 is 1.28 bits per heavy atom. The van der Waals surface area contributed by atoms with E-state index in [1.54, 1.807) is 0 Å². The number of carbonyl (C=O) groups is 1. The highest BCUT2D eigenvalue weighted by molar-refractivity contribution is 5.76. The van der Waals surface area contributed by atoms with E-state index in [1.807, 2.05) is 0 Å². The van der Waals surface area contributed by atoms with Gasteiger partial charge < -0.3 is 15.1 Å². The van der Waals surface area contributed by atoms with E-state index >= 15 is 0 Å². The van der Waals surface area contributed by atoms with Crippen molar-refractivity contribution in [2.24, 2.45) is 11.8 Å². The molecule has 0 aliphatic carbocycles. The van der Waals surface area contributed by atoms with Gasteiger partial charge in [-0.05, 0) is 38.0 Å². The molecule has 4 nitrogen and oxygen atoms in total. The topological polar surface area (TPSA) is 35.6 Å². The van der Waals surface area contributed by atoms with Gasteiger partial charge in [0.1, 0.15) is 0 Å².